The SMILES string of the molecule is C=C1C(=O)O[C@@H]2C[C@@]3(C)CC[C@@H](OC(=O)/C=C/C(=O)c4ccc(F)cc4)C(=C)[C@@H]3C[C@H]12. The van der Waals surface area contributed by atoms with Crippen LogP contribution in [0.15, 0.2) is 60.7 Å². The highest BCUT2D eigenvalue weighted by molar-refractivity contribution is 6.07. The molecule has 0 bridgehead atoms. The summed E-state index contributed by atoms with van der Waals surface area (Å²) in [7, 11) is 0. The Morgan fingerprint density at radius 1 is 1.23 bits per heavy atom. The molecule has 31 heavy (non-hydrogen) atoms. The van der Waals surface area contributed by atoms with Gasteiger partial charge in [0.1, 0.15) is 18.0 Å². The molecule has 0 aromatic heterocycles. The first-order chi connectivity index (χ1) is 14.7. The molecular formula is C25H25FO5. The van der Waals surface area contributed by atoms with E-state index in [1.54, 1.807) is 0 Å². The second kappa shape index (κ2) is 7.91. The van der Waals surface area contributed by atoms with Gasteiger partial charge in [0.05, 0.1) is 0 Å². The third kappa shape index (κ3) is 3.99. The van der Waals surface area contributed by atoms with Crippen molar-refractivity contribution in [3.05, 3.63) is 72.1 Å². The van der Waals surface area contributed by atoms with Gasteiger partial charge in [-0.1, -0.05) is 20.1 Å². The molecule has 4 rings (SSSR count). The molecule has 2 saturated carbocycles. The maximum atomic E-state index is 13.0. The summed E-state index contributed by atoms with van der Waals surface area (Å²) < 4.78 is 24.1. The zero-order valence-electron chi connectivity index (χ0n) is 17.4. The largest absolute Gasteiger partial charge is 0.458 e. The van der Waals surface area contributed by atoms with E-state index in [4.69, 9.17) is 9.47 Å². The molecule has 3 aliphatic rings. The van der Waals surface area contributed by atoms with Crippen LogP contribution in [-0.2, 0) is 19.1 Å². The molecule has 1 saturated heterocycles. The van der Waals surface area contributed by atoms with Crippen LogP contribution in [0.1, 0.15) is 43.0 Å². The van der Waals surface area contributed by atoms with E-state index in [1.165, 1.54) is 24.3 Å². The van der Waals surface area contributed by atoms with Crippen LogP contribution in [0, 0.1) is 23.1 Å². The minimum Gasteiger partial charge on any atom is -0.458 e. The van der Waals surface area contributed by atoms with Gasteiger partial charge in [-0.2, -0.15) is 0 Å². The van der Waals surface area contributed by atoms with Gasteiger partial charge in [-0.3, -0.25) is 4.79 Å². The molecule has 0 radical (unpaired) electrons. The van der Waals surface area contributed by atoms with Crippen LogP contribution in [0.25, 0.3) is 0 Å². The first-order valence-electron chi connectivity index (χ1n) is 10.4. The molecule has 1 heterocycles. The van der Waals surface area contributed by atoms with Gasteiger partial charge in [-0.05, 0) is 72.9 Å². The molecule has 1 aromatic rings. The fraction of sp³-hybridized carbons (Fsp3) is 0.400. The van der Waals surface area contributed by atoms with Crippen molar-refractivity contribution in [3.8, 4) is 0 Å². The van der Waals surface area contributed by atoms with E-state index in [9.17, 15) is 18.8 Å². The van der Waals surface area contributed by atoms with Gasteiger partial charge < -0.3 is 9.47 Å². The number of hydrogen-bond donors (Lipinski definition) is 0. The number of benzene rings is 1. The minimum atomic E-state index is -0.623. The van der Waals surface area contributed by atoms with E-state index < -0.39 is 23.7 Å². The number of rotatable bonds is 4. The highest BCUT2D eigenvalue weighted by atomic mass is 19.1. The molecule has 3 fully saturated rings. The van der Waals surface area contributed by atoms with Crippen LogP contribution in [0.2, 0.25) is 0 Å². The van der Waals surface area contributed by atoms with Crippen molar-refractivity contribution in [1.29, 1.82) is 0 Å². The molecule has 0 N–H and O–H groups in total. The molecule has 1 aromatic carbocycles. The van der Waals surface area contributed by atoms with Gasteiger partial charge in [0.25, 0.3) is 0 Å². The Morgan fingerprint density at radius 2 is 1.94 bits per heavy atom. The van der Waals surface area contributed by atoms with Crippen LogP contribution >= 0.6 is 0 Å². The second-order valence-electron chi connectivity index (χ2n) is 8.97. The number of esters is 2. The van der Waals surface area contributed by atoms with Crippen LogP contribution < -0.4 is 0 Å². The van der Waals surface area contributed by atoms with Gasteiger partial charge >= 0.3 is 11.9 Å². The average Bonchev–Trinajstić information content (AvgIpc) is 3.00. The lowest BCUT2D eigenvalue weighted by Crippen LogP contribution is -2.47. The summed E-state index contributed by atoms with van der Waals surface area (Å²) in [5, 5.41) is 0. The zero-order valence-corrected chi connectivity index (χ0v) is 17.4. The maximum absolute atomic E-state index is 13.0. The van der Waals surface area contributed by atoms with Crippen LogP contribution in [0.5, 0.6) is 0 Å². The summed E-state index contributed by atoms with van der Waals surface area (Å²) in [4.78, 5) is 36.4. The van der Waals surface area contributed by atoms with E-state index in [-0.39, 0.29) is 34.9 Å². The molecule has 6 heteroatoms. The normalized spacial score (nSPS) is 32.4. The van der Waals surface area contributed by atoms with Crippen molar-refractivity contribution in [2.24, 2.45) is 17.3 Å². The summed E-state index contributed by atoms with van der Waals surface area (Å²) >= 11 is 0. The van der Waals surface area contributed by atoms with Gasteiger partial charge in [0.2, 0.25) is 0 Å². The summed E-state index contributed by atoms with van der Waals surface area (Å²) in [5.74, 6) is -1.71. The molecule has 0 unspecified atom stereocenters. The highest BCUT2D eigenvalue weighted by Gasteiger charge is 2.54. The monoisotopic (exact) mass is 424 g/mol. The molecule has 0 amide bonds. The first kappa shape index (κ1) is 21.2. The Bertz CT molecular complexity index is 992. The molecule has 1 aliphatic heterocycles. The third-order valence-electron chi connectivity index (χ3n) is 7.01. The van der Waals surface area contributed by atoms with Crippen molar-refractivity contribution in [2.45, 2.75) is 44.8 Å². The number of carbonyl (C=O) groups is 3. The Kier molecular flexibility index (Phi) is 5.42. The van der Waals surface area contributed by atoms with Crippen LogP contribution in [0.3, 0.4) is 0 Å². The van der Waals surface area contributed by atoms with Gasteiger partial charge in [0.15, 0.2) is 5.78 Å². The zero-order chi connectivity index (χ0) is 22.3. The third-order valence-corrected chi connectivity index (χ3v) is 7.01. The van der Waals surface area contributed by atoms with Crippen molar-refractivity contribution < 1.29 is 28.2 Å². The number of carbonyl (C=O) groups excluding carboxylic acids is 3. The van der Waals surface area contributed by atoms with Crippen molar-refractivity contribution in [2.75, 3.05) is 0 Å². The lowest BCUT2D eigenvalue weighted by molar-refractivity contribution is -0.147. The lowest BCUT2D eigenvalue weighted by Gasteiger charge is -2.51. The van der Waals surface area contributed by atoms with E-state index in [0.29, 0.717) is 18.4 Å². The second-order valence-corrected chi connectivity index (χ2v) is 8.97. The minimum absolute atomic E-state index is 0.0231. The molecular weight excluding hydrogens is 399 g/mol. The average molecular weight is 424 g/mol. The molecule has 5 nitrogen and oxygen atoms in total. The fourth-order valence-electron chi connectivity index (χ4n) is 5.20. The smallest absolute Gasteiger partial charge is 0.334 e. The summed E-state index contributed by atoms with van der Waals surface area (Å²) in [6, 6.07) is 5.10. The predicted octanol–water partition coefficient (Wildman–Crippen LogP) is 4.34. The predicted molar refractivity (Wildman–Crippen MR) is 111 cm³/mol. The molecule has 162 valence electrons. The lowest BCUT2D eigenvalue weighted by atomic mass is 9.55. The van der Waals surface area contributed by atoms with Gasteiger partial charge in [-0.25, -0.2) is 14.0 Å². The molecule has 0 spiro atoms. The number of allylic oxidation sites excluding steroid dienone is 1. The van der Waals surface area contributed by atoms with E-state index in [2.05, 4.69) is 20.1 Å². The first-order valence-corrected chi connectivity index (χ1v) is 10.4. The Hall–Kier alpha value is -3.02. The number of halogens is 1. The molecule has 2 aliphatic carbocycles. The Balaban J connectivity index is 1.40. The van der Waals surface area contributed by atoms with Gasteiger partial charge in [-0.15, -0.1) is 0 Å². The summed E-state index contributed by atoms with van der Waals surface area (Å²) in [6.07, 6.45) is 4.55. The fourth-order valence-corrected chi connectivity index (χ4v) is 5.20. The van der Waals surface area contributed by atoms with E-state index in [0.717, 1.165) is 30.6 Å². The highest BCUT2D eigenvalue weighted by Crippen LogP contribution is 2.57. The number of hydrogen-bond acceptors (Lipinski definition) is 5. The van der Waals surface area contributed by atoms with E-state index >= 15 is 0 Å². The quantitative estimate of drug-likeness (QED) is 0.311. The van der Waals surface area contributed by atoms with Crippen molar-refractivity contribution in [3.63, 3.8) is 0 Å². The van der Waals surface area contributed by atoms with Crippen LogP contribution in [0.4, 0.5) is 4.39 Å². The molecule has 5 atom stereocenters. The number of ether oxygens (including phenoxy) is 2. The standard InChI is InChI=1S/C25H25FO5/c1-14-18-12-19-15(2)21(10-11-25(19,3)13-22(18)31-24(14)29)30-23(28)9-8-20(27)16-4-6-17(26)7-5-16/h4-9,18-19,21-22H,1-2,10-13H2,3H3/b9-8+/t18-,19+,21-,22-,25-/m1/s1. The van der Waals surface area contributed by atoms with Crippen LogP contribution in [-0.4, -0.2) is 29.9 Å². The Morgan fingerprint density at radius 3 is 2.65 bits per heavy atom. The number of ketones is 1. The maximum Gasteiger partial charge on any atom is 0.334 e. The van der Waals surface area contributed by atoms with E-state index in [1.807, 2.05) is 0 Å². The van der Waals surface area contributed by atoms with Crippen molar-refractivity contribution in [1.82, 2.24) is 0 Å². The topological polar surface area (TPSA) is 69.7 Å². The summed E-state index contributed by atoms with van der Waals surface area (Å²) in [5.41, 5.74) is 1.57. The summed E-state index contributed by atoms with van der Waals surface area (Å²) in [6.45, 7) is 10.3. The number of fused-ring (bicyclic) bond motifs is 2. The van der Waals surface area contributed by atoms with Crippen molar-refractivity contribution >= 4 is 17.7 Å². The van der Waals surface area contributed by atoms with Gasteiger partial charge in [0, 0.05) is 23.1 Å². The Labute approximate surface area is 180 Å².